The van der Waals surface area contributed by atoms with Gasteiger partial charge in [0.15, 0.2) is 0 Å². The molecule has 2 saturated heterocycles. The molecule has 2 fully saturated rings. The Kier molecular flexibility index (Phi) is 9.04. The minimum Gasteiger partial charge on any atom is -0.445 e. The average Bonchev–Trinajstić information content (AvgIpc) is 3.49. The molecule has 2 atom stereocenters. The first kappa shape index (κ1) is 28.9. The second kappa shape index (κ2) is 13.4. The highest BCUT2D eigenvalue weighted by Gasteiger charge is 2.38. The molecule has 0 spiro atoms. The van der Waals surface area contributed by atoms with Crippen LogP contribution in [0.15, 0.2) is 103 Å². The Morgan fingerprint density at radius 2 is 1.49 bits per heavy atom. The van der Waals surface area contributed by atoms with Crippen molar-refractivity contribution in [1.82, 2.24) is 14.7 Å². The van der Waals surface area contributed by atoms with E-state index in [1.54, 1.807) is 0 Å². The summed E-state index contributed by atoms with van der Waals surface area (Å²) in [5, 5.41) is 2.24. The zero-order chi connectivity index (χ0) is 29.6. The van der Waals surface area contributed by atoms with Gasteiger partial charge in [0.05, 0.1) is 0 Å². The van der Waals surface area contributed by atoms with E-state index in [2.05, 4.69) is 52.3 Å². The van der Waals surface area contributed by atoms with E-state index in [4.69, 9.17) is 4.74 Å². The lowest BCUT2D eigenvalue weighted by molar-refractivity contribution is 0.0602. The number of amides is 2. The molecule has 0 aromatic heterocycles. The van der Waals surface area contributed by atoms with Crippen molar-refractivity contribution in [2.75, 3.05) is 39.3 Å². The first-order valence-corrected chi connectivity index (χ1v) is 15.6. The topological polar surface area (TPSA) is 53.1 Å². The van der Waals surface area contributed by atoms with E-state index >= 15 is 0 Å². The number of fused-ring (bicyclic) bond motifs is 1. The van der Waals surface area contributed by atoms with Gasteiger partial charge in [-0.1, -0.05) is 91.0 Å². The predicted octanol–water partition coefficient (Wildman–Crippen LogP) is 6.82. The fourth-order valence-electron chi connectivity index (χ4n) is 6.89. The summed E-state index contributed by atoms with van der Waals surface area (Å²) in [5.74, 6) is 0.755. The van der Waals surface area contributed by atoms with Crippen molar-refractivity contribution in [3.8, 4) is 0 Å². The van der Waals surface area contributed by atoms with E-state index in [1.807, 2.05) is 72.5 Å². The number of ether oxygens (including phenoxy) is 1. The van der Waals surface area contributed by atoms with E-state index < -0.39 is 0 Å². The second-order valence-electron chi connectivity index (χ2n) is 11.9. The van der Waals surface area contributed by atoms with Crippen molar-refractivity contribution < 1.29 is 14.3 Å². The molecule has 2 heterocycles. The van der Waals surface area contributed by atoms with Gasteiger partial charge in [0.25, 0.3) is 5.91 Å². The first-order chi connectivity index (χ1) is 21.1. The highest BCUT2D eigenvalue weighted by molar-refractivity contribution is 5.98. The standard InChI is InChI=1S/C37H41N3O3/c1-2-40(37(42)43-27-28-11-5-3-6-12-28)34-19-21-38(22-20-34)24-33-25-39(26-35(33)30-14-7-4-8-15-30)36(41)32-18-17-29-13-9-10-16-31(29)23-32/h3-18,23,33-35H,2,19-22,24-27H2,1H3/t33-,35+/m0/s1. The van der Waals surface area contributed by atoms with Gasteiger partial charge in [0.2, 0.25) is 0 Å². The van der Waals surface area contributed by atoms with Crippen molar-refractivity contribution in [2.45, 2.75) is 38.3 Å². The molecule has 4 aromatic carbocycles. The number of carbonyl (C=O) groups excluding carboxylic acids is 2. The van der Waals surface area contributed by atoms with Crippen LogP contribution < -0.4 is 0 Å². The van der Waals surface area contributed by atoms with Gasteiger partial charge in [-0.05, 0) is 59.7 Å². The summed E-state index contributed by atoms with van der Waals surface area (Å²) < 4.78 is 5.66. The third kappa shape index (κ3) is 6.75. The summed E-state index contributed by atoms with van der Waals surface area (Å²) in [6.07, 6.45) is 1.63. The van der Waals surface area contributed by atoms with Gasteiger partial charge in [-0.25, -0.2) is 4.79 Å². The van der Waals surface area contributed by atoms with Crippen LogP contribution in [0, 0.1) is 5.92 Å². The quantitative estimate of drug-likeness (QED) is 0.231. The number of piperidine rings is 1. The predicted molar refractivity (Wildman–Crippen MR) is 171 cm³/mol. The molecule has 2 aliphatic rings. The molecule has 0 radical (unpaired) electrons. The fraction of sp³-hybridized carbons (Fsp3) is 0.351. The minimum absolute atomic E-state index is 0.112. The van der Waals surface area contributed by atoms with Gasteiger partial charge in [-0.15, -0.1) is 0 Å². The summed E-state index contributed by atoms with van der Waals surface area (Å²) in [6.45, 7) is 7.26. The van der Waals surface area contributed by atoms with Crippen LogP contribution in [0.4, 0.5) is 4.79 Å². The molecule has 0 unspecified atom stereocenters. The highest BCUT2D eigenvalue weighted by atomic mass is 16.6. The van der Waals surface area contributed by atoms with Gasteiger partial charge >= 0.3 is 6.09 Å². The van der Waals surface area contributed by atoms with Crippen LogP contribution in [0.25, 0.3) is 10.8 Å². The normalized spacial score (nSPS) is 19.4. The number of benzene rings is 4. The van der Waals surface area contributed by atoms with Gasteiger partial charge in [0, 0.05) is 56.8 Å². The molecule has 43 heavy (non-hydrogen) atoms. The molecule has 222 valence electrons. The number of likely N-dealkylation sites (tertiary alicyclic amines) is 2. The Labute approximate surface area is 254 Å². The lowest BCUT2D eigenvalue weighted by Crippen LogP contribution is -2.48. The summed E-state index contributed by atoms with van der Waals surface area (Å²) in [6, 6.07) is 34.9. The second-order valence-corrected chi connectivity index (χ2v) is 11.9. The van der Waals surface area contributed by atoms with Crippen LogP contribution in [-0.4, -0.2) is 72.0 Å². The molecular formula is C37H41N3O3. The molecule has 2 aliphatic heterocycles. The van der Waals surface area contributed by atoms with Crippen LogP contribution in [0.3, 0.4) is 0 Å². The molecule has 0 saturated carbocycles. The lowest BCUT2D eigenvalue weighted by atomic mass is 9.88. The van der Waals surface area contributed by atoms with Crippen molar-refractivity contribution in [3.63, 3.8) is 0 Å². The van der Waals surface area contributed by atoms with Crippen LogP contribution >= 0.6 is 0 Å². The van der Waals surface area contributed by atoms with E-state index in [0.717, 1.165) is 67.5 Å². The molecular weight excluding hydrogens is 534 g/mol. The fourth-order valence-corrected chi connectivity index (χ4v) is 6.89. The first-order valence-electron chi connectivity index (χ1n) is 15.6. The Morgan fingerprint density at radius 1 is 0.814 bits per heavy atom. The molecule has 4 aromatic rings. The number of hydrogen-bond acceptors (Lipinski definition) is 4. The lowest BCUT2D eigenvalue weighted by Gasteiger charge is -2.38. The highest BCUT2D eigenvalue weighted by Crippen LogP contribution is 2.35. The zero-order valence-corrected chi connectivity index (χ0v) is 25.0. The zero-order valence-electron chi connectivity index (χ0n) is 25.0. The third-order valence-corrected chi connectivity index (χ3v) is 9.22. The summed E-state index contributed by atoms with van der Waals surface area (Å²) >= 11 is 0. The maximum Gasteiger partial charge on any atom is 0.410 e. The maximum absolute atomic E-state index is 13.7. The Morgan fingerprint density at radius 3 is 2.21 bits per heavy atom. The molecule has 6 nitrogen and oxygen atoms in total. The van der Waals surface area contributed by atoms with Gasteiger partial charge in [-0.2, -0.15) is 0 Å². The van der Waals surface area contributed by atoms with Crippen molar-refractivity contribution in [2.24, 2.45) is 5.92 Å². The van der Waals surface area contributed by atoms with Crippen molar-refractivity contribution >= 4 is 22.8 Å². The molecule has 6 heteroatoms. The molecule has 6 rings (SSSR count). The molecule has 0 N–H and O–H groups in total. The summed E-state index contributed by atoms with van der Waals surface area (Å²) in [4.78, 5) is 33.2. The monoisotopic (exact) mass is 575 g/mol. The number of nitrogens with zero attached hydrogens (tertiary/aromatic N) is 3. The Bertz CT molecular complexity index is 1520. The van der Waals surface area contributed by atoms with E-state index in [-0.39, 0.29) is 18.0 Å². The molecule has 2 amide bonds. The minimum atomic E-state index is -0.229. The molecule has 0 aliphatic carbocycles. The Hall–Kier alpha value is -4.16. The van der Waals surface area contributed by atoms with E-state index in [1.165, 1.54) is 5.56 Å². The summed E-state index contributed by atoms with van der Waals surface area (Å²) in [5.41, 5.74) is 3.06. The van der Waals surface area contributed by atoms with Gasteiger partial charge in [-0.3, -0.25) is 4.79 Å². The van der Waals surface area contributed by atoms with Crippen molar-refractivity contribution in [3.05, 3.63) is 120 Å². The smallest absolute Gasteiger partial charge is 0.410 e. The van der Waals surface area contributed by atoms with Gasteiger partial charge in [0.1, 0.15) is 6.61 Å². The maximum atomic E-state index is 13.7. The number of carbonyl (C=O) groups is 2. The van der Waals surface area contributed by atoms with Crippen LogP contribution in [0.2, 0.25) is 0 Å². The van der Waals surface area contributed by atoms with Crippen LogP contribution in [0.5, 0.6) is 0 Å². The Balaban J connectivity index is 1.09. The average molecular weight is 576 g/mol. The number of hydrogen-bond donors (Lipinski definition) is 0. The van der Waals surface area contributed by atoms with E-state index in [0.29, 0.717) is 25.0 Å². The number of rotatable bonds is 8. The van der Waals surface area contributed by atoms with Crippen LogP contribution in [0.1, 0.15) is 47.2 Å². The van der Waals surface area contributed by atoms with Gasteiger partial charge < -0.3 is 19.4 Å². The summed E-state index contributed by atoms with van der Waals surface area (Å²) in [7, 11) is 0. The van der Waals surface area contributed by atoms with Crippen LogP contribution in [-0.2, 0) is 11.3 Å². The van der Waals surface area contributed by atoms with Crippen molar-refractivity contribution in [1.29, 1.82) is 0 Å². The van der Waals surface area contributed by atoms with E-state index in [9.17, 15) is 9.59 Å². The third-order valence-electron chi connectivity index (χ3n) is 9.22. The largest absolute Gasteiger partial charge is 0.445 e. The molecule has 0 bridgehead atoms. The SMILES string of the molecule is CCN(C(=O)OCc1ccccc1)C1CCN(C[C@H]2CN(C(=O)c3ccc4ccccc4c3)C[C@@H]2c2ccccc2)CC1.